The summed E-state index contributed by atoms with van der Waals surface area (Å²) in [5.41, 5.74) is 1.14. The summed E-state index contributed by atoms with van der Waals surface area (Å²) in [7, 11) is 2.49. The predicted molar refractivity (Wildman–Crippen MR) is 100 cm³/mol. The average molecular weight is 401 g/mol. The van der Waals surface area contributed by atoms with Gasteiger partial charge in [0.05, 0.1) is 24.7 Å². The highest BCUT2D eigenvalue weighted by molar-refractivity contribution is 8.18. The highest BCUT2D eigenvalue weighted by Gasteiger charge is 2.36. The van der Waals surface area contributed by atoms with Crippen LogP contribution in [0.4, 0.5) is 4.79 Å². The van der Waals surface area contributed by atoms with Gasteiger partial charge in [0.2, 0.25) is 0 Å². The van der Waals surface area contributed by atoms with E-state index < -0.39 is 29.6 Å². The highest BCUT2D eigenvalue weighted by Crippen LogP contribution is 2.33. The molecule has 1 saturated heterocycles. The molecule has 1 aliphatic rings. The Morgan fingerprint density at radius 2 is 1.79 bits per heavy atom. The van der Waals surface area contributed by atoms with E-state index in [2.05, 4.69) is 9.47 Å². The number of methoxy groups -OCH3 is 2. The molecule has 0 bridgehead atoms. The predicted octanol–water partition coefficient (Wildman–Crippen LogP) is 2.94. The first-order valence-corrected chi connectivity index (χ1v) is 8.85. The lowest BCUT2D eigenvalue weighted by Gasteiger charge is -2.09. The van der Waals surface area contributed by atoms with Gasteiger partial charge >= 0.3 is 11.9 Å². The fourth-order valence-electron chi connectivity index (χ4n) is 2.43. The number of ether oxygens (including phenoxy) is 2. The van der Waals surface area contributed by atoms with Gasteiger partial charge in [-0.05, 0) is 36.0 Å². The standard InChI is InChI=1S/C19H15NO7S/c1-25-16(21)10-20-17(22)15(28-19(20)24)9-13-7-8-14(27-13)11-3-5-12(6-4-11)18(23)26-2/h3-9H,10H2,1-2H3/b15-9+. The van der Waals surface area contributed by atoms with Gasteiger partial charge in [0.25, 0.3) is 11.1 Å². The van der Waals surface area contributed by atoms with Gasteiger partial charge < -0.3 is 13.9 Å². The van der Waals surface area contributed by atoms with Crippen LogP contribution in [-0.4, -0.2) is 48.7 Å². The quantitative estimate of drug-likeness (QED) is 0.556. The Hall–Kier alpha value is -3.33. The molecule has 2 amide bonds. The summed E-state index contributed by atoms with van der Waals surface area (Å²) in [6, 6.07) is 10.00. The molecule has 2 heterocycles. The minimum absolute atomic E-state index is 0.149. The maximum atomic E-state index is 12.3. The van der Waals surface area contributed by atoms with E-state index in [-0.39, 0.29) is 4.91 Å². The fourth-order valence-corrected chi connectivity index (χ4v) is 3.25. The van der Waals surface area contributed by atoms with E-state index in [1.807, 2.05) is 0 Å². The van der Waals surface area contributed by atoms with Crippen LogP contribution in [0.25, 0.3) is 17.4 Å². The zero-order chi connectivity index (χ0) is 20.3. The number of rotatable bonds is 5. The van der Waals surface area contributed by atoms with E-state index in [9.17, 15) is 19.2 Å². The number of carbonyl (C=O) groups is 4. The van der Waals surface area contributed by atoms with Crippen LogP contribution in [0, 0.1) is 0 Å². The largest absolute Gasteiger partial charge is 0.468 e. The van der Waals surface area contributed by atoms with Gasteiger partial charge in [-0.1, -0.05) is 12.1 Å². The lowest BCUT2D eigenvalue weighted by atomic mass is 10.1. The van der Waals surface area contributed by atoms with Gasteiger partial charge in [-0.3, -0.25) is 19.3 Å². The number of furan rings is 1. The second-order valence-electron chi connectivity index (χ2n) is 5.61. The molecule has 9 heteroatoms. The molecule has 1 aliphatic heterocycles. The second-order valence-corrected chi connectivity index (χ2v) is 6.61. The van der Waals surface area contributed by atoms with Crippen LogP contribution in [0.1, 0.15) is 16.1 Å². The number of esters is 2. The minimum Gasteiger partial charge on any atom is -0.468 e. The number of hydrogen-bond acceptors (Lipinski definition) is 8. The summed E-state index contributed by atoms with van der Waals surface area (Å²) in [6.07, 6.45) is 1.44. The van der Waals surface area contributed by atoms with Crippen molar-refractivity contribution in [1.82, 2.24) is 4.90 Å². The molecule has 8 nitrogen and oxygen atoms in total. The van der Waals surface area contributed by atoms with Gasteiger partial charge in [-0.25, -0.2) is 4.79 Å². The Labute approximate surface area is 164 Å². The molecule has 1 fully saturated rings. The van der Waals surface area contributed by atoms with Crippen molar-refractivity contribution in [2.24, 2.45) is 0 Å². The zero-order valence-electron chi connectivity index (χ0n) is 15.0. The van der Waals surface area contributed by atoms with Crippen molar-refractivity contribution in [3.63, 3.8) is 0 Å². The lowest BCUT2D eigenvalue weighted by molar-refractivity contribution is -0.143. The van der Waals surface area contributed by atoms with Crippen LogP contribution in [0.15, 0.2) is 45.7 Å². The molecular weight excluding hydrogens is 386 g/mol. The highest BCUT2D eigenvalue weighted by atomic mass is 32.2. The summed E-state index contributed by atoms with van der Waals surface area (Å²) in [5, 5.41) is -0.549. The number of amides is 2. The lowest BCUT2D eigenvalue weighted by Crippen LogP contribution is -2.34. The van der Waals surface area contributed by atoms with E-state index >= 15 is 0 Å². The number of carbonyl (C=O) groups excluding carboxylic acids is 4. The van der Waals surface area contributed by atoms with Crippen LogP contribution in [-0.2, 0) is 19.1 Å². The van der Waals surface area contributed by atoms with Crippen LogP contribution in [0.5, 0.6) is 0 Å². The molecule has 3 rings (SSSR count). The van der Waals surface area contributed by atoms with Crippen molar-refractivity contribution in [3.05, 3.63) is 52.6 Å². The normalized spacial score (nSPS) is 15.2. The first-order valence-electron chi connectivity index (χ1n) is 8.03. The molecular formula is C19H15NO7S. The molecule has 28 heavy (non-hydrogen) atoms. The molecule has 0 aliphatic carbocycles. The molecule has 144 valence electrons. The molecule has 0 atom stereocenters. The summed E-state index contributed by atoms with van der Waals surface area (Å²) < 4.78 is 14.8. The topological polar surface area (TPSA) is 103 Å². The molecule has 1 aromatic heterocycles. The van der Waals surface area contributed by atoms with E-state index in [4.69, 9.17) is 4.42 Å². The molecule has 0 radical (unpaired) electrons. The van der Waals surface area contributed by atoms with Gasteiger partial charge in [0, 0.05) is 11.6 Å². The third-order valence-corrected chi connectivity index (χ3v) is 4.79. The Morgan fingerprint density at radius 1 is 1.07 bits per heavy atom. The van der Waals surface area contributed by atoms with Gasteiger partial charge in [0.1, 0.15) is 18.1 Å². The molecule has 0 unspecified atom stereocenters. The number of benzene rings is 1. The SMILES string of the molecule is COC(=O)CN1C(=O)S/C(=C/c2ccc(-c3ccc(C(=O)OC)cc3)o2)C1=O. The summed E-state index contributed by atoms with van der Waals surface area (Å²) >= 11 is 0.721. The van der Waals surface area contributed by atoms with Crippen molar-refractivity contribution >= 4 is 40.9 Å². The van der Waals surface area contributed by atoms with Gasteiger partial charge in [0.15, 0.2) is 0 Å². The van der Waals surface area contributed by atoms with E-state index in [0.717, 1.165) is 22.2 Å². The maximum absolute atomic E-state index is 12.3. The minimum atomic E-state index is -0.681. The smallest absolute Gasteiger partial charge is 0.337 e. The van der Waals surface area contributed by atoms with Crippen LogP contribution in [0.2, 0.25) is 0 Å². The van der Waals surface area contributed by atoms with E-state index in [1.54, 1.807) is 36.4 Å². The first kappa shape index (κ1) is 19.4. The van der Waals surface area contributed by atoms with Crippen LogP contribution >= 0.6 is 11.8 Å². The Bertz CT molecular complexity index is 974. The Balaban J connectivity index is 1.77. The number of nitrogens with zero attached hydrogens (tertiary/aromatic N) is 1. The average Bonchev–Trinajstić information content (AvgIpc) is 3.27. The third kappa shape index (κ3) is 3.99. The molecule has 0 spiro atoms. The van der Waals surface area contributed by atoms with E-state index in [0.29, 0.717) is 17.1 Å². The van der Waals surface area contributed by atoms with Crippen LogP contribution < -0.4 is 0 Å². The molecule has 0 N–H and O–H groups in total. The summed E-state index contributed by atoms with van der Waals surface area (Å²) in [4.78, 5) is 48.0. The molecule has 2 aromatic rings. The Kier molecular flexibility index (Phi) is 5.65. The van der Waals surface area contributed by atoms with Gasteiger partial charge in [-0.15, -0.1) is 0 Å². The Morgan fingerprint density at radius 3 is 2.43 bits per heavy atom. The van der Waals surface area contributed by atoms with Crippen LogP contribution in [0.3, 0.4) is 0 Å². The maximum Gasteiger partial charge on any atom is 0.337 e. The number of hydrogen-bond donors (Lipinski definition) is 0. The van der Waals surface area contributed by atoms with Gasteiger partial charge in [-0.2, -0.15) is 0 Å². The van der Waals surface area contributed by atoms with Crippen molar-refractivity contribution < 1.29 is 33.1 Å². The zero-order valence-corrected chi connectivity index (χ0v) is 15.8. The second kappa shape index (κ2) is 8.13. The number of imide groups is 1. The first-order chi connectivity index (χ1) is 13.4. The summed E-state index contributed by atoms with van der Waals surface area (Å²) in [5.74, 6) is -0.804. The molecule has 0 saturated carbocycles. The van der Waals surface area contributed by atoms with Crippen molar-refractivity contribution in [2.75, 3.05) is 20.8 Å². The van der Waals surface area contributed by atoms with E-state index in [1.165, 1.54) is 20.3 Å². The monoisotopic (exact) mass is 401 g/mol. The third-order valence-electron chi connectivity index (χ3n) is 3.88. The van der Waals surface area contributed by atoms with Crippen molar-refractivity contribution in [3.8, 4) is 11.3 Å². The van der Waals surface area contributed by atoms with Crippen molar-refractivity contribution in [2.45, 2.75) is 0 Å². The summed E-state index contributed by atoms with van der Waals surface area (Å²) in [6.45, 7) is -0.436. The molecule has 1 aromatic carbocycles. The number of thioether (sulfide) groups is 1. The fraction of sp³-hybridized carbons (Fsp3) is 0.158. The van der Waals surface area contributed by atoms with Crippen molar-refractivity contribution in [1.29, 1.82) is 0 Å².